The average Bonchev–Trinajstić information content (AvgIpc) is 3.19. The first-order chi connectivity index (χ1) is 15.4. The molecule has 8 heteroatoms. The third-order valence-electron chi connectivity index (χ3n) is 6.79. The van der Waals surface area contributed by atoms with E-state index in [1.807, 2.05) is 24.3 Å². The SMILES string of the molecule is CCOC(=O)C1C2COc3ccccc3C2N2C(=O)N(c3ccc(OC)cc3)C(=O)[C@@]12C. The standard InChI is InChI=1S/C24H24N2O6/c1-4-31-21(27)19-17-13-32-18-8-6-5-7-16(18)20(17)26-23(29)25(22(28)24(19,26)2)14-9-11-15(30-3)12-10-14/h5-12,17,19-20H,4,13H2,1-3H3/t17?,19?,20?,24-/m1/s1. The van der Waals surface area contributed by atoms with Gasteiger partial charge in [-0.2, -0.15) is 0 Å². The predicted molar refractivity (Wildman–Crippen MR) is 114 cm³/mol. The molecule has 0 radical (unpaired) electrons. The summed E-state index contributed by atoms with van der Waals surface area (Å²) in [6, 6.07) is 13.2. The van der Waals surface area contributed by atoms with Gasteiger partial charge in [0.05, 0.1) is 38.0 Å². The van der Waals surface area contributed by atoms with E-state index in [0.29, 0.717) is 17.2 Å². The van der Waals surface area contributed by atoms with Gasteiger partial charge in [0, 0.05) is 11.5 Å². The van der Waals surface area contributed by atoms with Gasteiger partial charge in [-0.25, -0.2) is 9.69 Å². The molecular weight excluding hydrogens is 412 g/mol. The Hall–Kier alpha value is -3.55. The first-order valence-electron chi connectivity index (χ1n) is 10.6. The Morgan fingerprint density at radius 1 is 1.16 bits per heavy atom. The average molecular weight is 436 g/mol. The van der Waals surface area contributed by atoms with Crippen LogP contribution in [0, 0.1) is 11.8 Å². The van der Waals surface area contributed by atoms with Gasteiger partial charge in [-0.3, -0.25) is 9.59 Å². The zero-order chi connectivity index (χ0) is 22.6. The summed E-state index contributed by atoms with van der Waals surface area (Å²) in [4.78, 5) is 43.4. The second kappa shape index (κ2) is 7.25. The fourth-order valence-electron chi connectivity index (χ4n) is 5.40. The molecule has 5 rings (SSSR count). The molecule has 3 aliphatic rings. The van der Waals surface area contributed by atoms with Crippen LogP contribution in [0.5, 0.6) is 11.5 Å². The van der Waals surface area contributed by atoms with Crippen molar-refractivity contribution in [1.82, 2.24) is 4.90 Å². The Balaban J connectivity index is 1.65. The third kappa shape index (κ3) is 2.58. The number of urea groups is 1. The van der Waals surface area contributed by atoms with E-state index >= 15 is 0 Å². The quantitative estimate of drug-likeness (QED) is 0.541. The van der Waals surface area contributed by atoms with Crippen molar-refractivity contribution in [3.05, 3.63) is 54.1 Å². The van der Waals surface area contributed by atoms with Gasteiger partial charge in [0.2, 0.25) is 0 Å². The minimum absolute atomic E-state index is 0.185. The summed E-state index contributed by atoms with van der Waals surface area (Å²) in [6.07, 6.45) is 0. The molecule has 2 aromatic rings. The molecule has 0 bridgehead atoms. The van der Waals surface area contributed by atoms with Crippen molar-refractivity contribution in [3.63, 3.8) is 0 Å². The Bertz CT molecular complexity index is 1100. The van der Waals surface area contributed by atoms with Crippen LogP contribution in [0.1, 0.15) is 25.5 Å². The van der Waals surface area contributed by atoms with Crippen LogP contribution in [0.25, 0.3) is 0 Å². The summed E-state index contributed by atoms with van der Waals surface area (Å²) in [7, 11) is 1.55. The molecule has 3 unspecified atom stereocenters. The van der Waals surface area contributed by atoms with E-state index in [9.17, 15) is 14.4 Å². The topological polar surface area (TPSA) is 85.4 Å². The highest BCUT2D eigenvalue weighted by Gasteiger charge is 2.72. The van der Waals surface area contributed by atoms with E-state index in [2.05, 4.69) is 0 Å². The number of para-hydroxylation sites is 1. The maximum atomic E-state index is 13.8. The highest BCUT2D eigenvalue weighted by molar-refractivity contribution is 6.24. The van der Waals surface area contributed by atoms with Crippen molar-refractivity contribution >= 4 is 23.6 Å². The normalized spacial score (nSPS) is 28.0. The van der Waals surface area contributed by atoms with E-state index in [4.69, 9.17) is 14.2 Å². The number of methoxy groups -OCH3 is 1. The molecular formula is C24H24N2O6. The molecule has 3 aliphatic heterocycles. The van der Waals surface area contributed by atoms with Gasteiger partial charge in [-0.1, -0.05) is 18.2 Å². The molecule has 0 aromatic heterocycles. The summed E-state index contributed by atoms with van der Waals surface area (Å²) in [6.45, 7) is 3.80. The van der Waals surface area contributed by atoms with Gasteiger partial charge in [0.1, 0.15) is 17.0 Å². The van der Waals surface area contributed by atoms with Crippen molar-refractivity contribution in [2.75, 3.05) is 25.2 Å². The molecule has 32 heavy (non-hydrogen) atoms. The van der Waals surface area contributed by atoms with E-state index in [0.717, 1.165) is 10.5 Å². The van der Waals surface area contributed by atoms with Gasteiger partial charge >= 0.3 is 12.0 Å². The van der Waals surface area contributed by atoms with Gasteiger partial charge < -0.3 is 19.1 Å². The number of hydrogen-bond donors (Lipinski definition) is 0. The number of amides is 3. The molecule has 166 valence electrons. The van der Waals surface area contributed by atoms with Gasteiger partial charge in [0.15, 0.2) is 0 Å². The molecule has 8 nitrogen and oxygen atoms in total. The molecule has 0 spiro atoms. The maximum absolute atomic E-state index is 13.8. The fraction of sp³-hybridized carbons (Fsp3) is 0.375. The van der Waals surface area contributed by atoms with E-state index in [-0.39, 0.29) is 19.1 Å². The van der Waals surface area contributed by atoms with Crippen LogP contribution in [0.3, 0.4) is 0 Å². The van der Waals surface area contributed by atoms with Gasteiger partial charge in [-0.05, 0) is 44.2 Å². The summed E-state index contributed by atoms with van der Waals surface area (Å²) in [5, 5.41) is 0. The summed E-state index contributed by atoms with van der Waals surface area (Å²) in [5.41, 5.74) is -0.171. The number of rotatable bonds is 4. The van der Waals surface area contributed by atoms with Crippen LogP contribution in [0.2, 0.25) is 0 Å². The summed E-state index contributed by atoms with van der Waals surface area (Å²) in [5.74, 6) is -0.905. The Morgan fingerprint density at radius 2 is 1.88 bits per heavy atom. The first kappa shape index (κ1) is 20.4. The number of ether oxygens (including phenoxy) is 3. The number of carbonyl (C=O) groups is 3. The smallest absolute Gasteiger partial charge is 0.332 e. The van der Waals surface area contributed by atoms with Crippen LogP contribution < -0.4 is 14.4 Å². The second-order valence-electron chi connectivity index (χ2n) is 8.33. The molecule has 3 heterocycles. The number of anilines is 1. The van der Waals surface area contributed by atoms with Crippen LogP contribution in [-0.4, -0.2) is 48.7 Å². The Morgan fingerprint density at radius 3 is 2.56 bits per heavy atom. The largest absolute Gasteiger partial charge is 0.497 e. The maximum Gasteiger partial charge on any atom is 0.332 e. The fourth-order valence-corrected chi connectivity index (χ4v) is 5.40. The number of nitrogens with zero attached hydrogens (tertiary/aromatic N) is 2. The number of benzene rings is 2. The predicted octanol–water partition coefficient (Wildman–Crippen LogP) is 3.17. The lowest BCUT2D eigenvalue weighted by Gasteiger charge is -2.34. The Labute approximate surface area is 185 Å². The molecule has 0 N–H and O–H groups in total. The third-order valence-corrected chi connectivity index (χ3v) is 6.79. The van der Waals surface area contributed by atoms with Crippen LogP contribution in [0.4, 0.5) is 10.5 Å². The van der Waals surface area contributed by atoms with Crippen molar-refractivity contribution in [3.8, 4) is 11.5 Å². The number of fused-ring (bicyclic) bond motifs is 5. The van der Waals surface area contributed by atoms with E-state index in [1.54, 1.807) is 50.1 Å². The lowest BCUT2D eigenvalue weighted by molar-refractivity contribution is -0.154. The minimum Gasteiger partial charge on any atom is -0.497 e. The molecule has 2 fully saturated rings. The Kier molecular flexibility index (Phi) is 4.62. The number of hydrogen-bond acceptors (Lipinski definition) is 6. The molecule has 3 amide bonds. The first-order valence-corrected chi connectivity index (χ1v) is 10.6. The highest BCUT2D eigenvalue weighted by Crippen LogP contribution is 2.58. The van der Waals surface area contributed by atoms with Crippen molar-refractivity contribution in [1.29, 1.82) is 0 Å². The zero-order valence-electron chi connectivity index (χ0n) is 18.1. The molecule has 4 atom stereocenters. The van der Waals surface area contributed by atoms with Crippen LogP contribution >= 0.6 is 0 Å². The summed E-state index contributed by atoms with van der Waals surface area (Å²) < 4.78 is 16.5. The number of esters is 1. The lowest BCUT2D eigenvalue weighted by Crippen LogP contribution is -2.51. The van der Waals surface area contributed by atoms with Crippen LogP contribution in [-0.2, 0) is 14.3 Å². The highest BCUT2D eigenvalue weighted by atomic mass is 16.5. The lowest BCUT2D eigenvalue weighted by atomic mass is 9.77. The van der Waals surface area contributed by atoms with Crippen LogP contribution in [0.15, 0.2) is 48.5 Å². The molecule has 2 saturated heterocycles. The number of imide groups is 1. The van der Waals surface area contributed by atoms with E-state index < -0.39 is 35.4 Å². The molecule has 2 aromatic carbocycles. The van der Waals surface area contributed by atoms with Crippen molar-refractivity contribution in [2.24, 2.45) is 11.8 Å². The van der Waals surface area contributed by atoms with Gasteiger partial charge in [0.25, 0.3) is 5.91 Å². The zero-order valence-corrected chi connectivity index (χ0v) is 18.1. The summed E-state index contributed by atoms with van der Waals surface area (Å²) >= 11 is 0. The molecule has 0 saturated carbocycles. The van der Waals surface area contributed by atoms with Gasteiger partial charge in [-0.15, -0.1) is 0 Å². The minimum atomic E-state index is -1.39. The van der Waals surface area contributed by atoms with Crippen molar-refractivity contribution in [2.45, 2.75) is 25.4 Å². The molecule has 0 aliphatic carbocycles. The van der Waals surface area contributed by atoms with Crippen molar-refractivity contribution < 1.29 is 28.6 Å². The second-order valence-corrected chi connectivity index (χ2v) is 8.33. The number of carbonyl (C=O) groups excluding carboxylic acids is 3. The van der Waals surface area contributed by atoms with E-state index in [1.165, 1.54) is 0 Å². The monoisotopic (exact) mass is 436 g/mol.